The van der Waals surface area contributed by atoms with Gasteiger partial charge >= 0.3 is 6.18 Å². The lowest BCUT2D eigenvalue weighted by Gasteiger charge is -2.41. The summed E-state index contributed by atoms with van der Waals surface area (Å²) in [4.78, 5) is 9.29. The van der Waals surface area contributed by atoms with E-state index in [0.29, 0.717) is 36.8 Å². The lowest BCUT2D eigenvalue weighted by atomic mass is 10.0. The SMILES string of the molecule is COCCC[C@H]1CN(C2=Nc3ccccc3Nc3ccc(C(F)(F)F)cc32)CCN1C. The van der Waals surface area contributed by atoms with Gasteiger partial charge in [-0.15, -0.1) is 0 Å². The highest BCUT2D eigenvalue weighted by Crippen LogP contribution is 2.38. The van der Waals surface area contributed by atoms with Gasteiger partial charge in [-0.3, -0.25) is 4.90 Å². The molecule has 0 saturated carbocycles. The van der Waals surface area contributed by atoms with Gasteiger partial charge < -0.3 is 15.0 Å². The van der Waals surface area contributed by atoms with E-state index < -0.39 is 11.7 Å². The van der Waals surface area contributed by atoms with Crippen molar-refractivity contribution in [3.05, 3.63) is 53.6 Å². The minimum absolute atomic E-state index is 0.285. The first-order valence-corrected chi connectivity index (χ1v) is 10.5. The number of rotatable bonds is 4. The Labute approximate surface area is 180 Å². The number of hydrogen-bond acceptors (Lipinski definition) is 5. The van der Waals surface area contributed by atoms with E-state index in [2.05, 4.69) is 22.2 Å². The molecule has 2 aromatic carbocycles. The minimum atomic E-state index is -4.41. The minimum Gasteiger partial charge on any atom is -0.385 e. The van der Waals surface area contributed by atoms with Crippen LogP contribution in [0.15, 0.2) is 47.5 Å². The number of nitrogens with zero attached hydrogens (tertiary/aromatic N) is 3. The topological polar surface area (TPSA) is 40.1 Å². The Bertz CT molecular complexity index is 960. The molecule has 1 fully saturated rings. The largest absolute Gasteiger partial charge is 0.416 e. The van der Waals surface area contributed by atoms with Gasteiger partial charge in [-0.05, 0) is 50.2 Å². The molecular weight excluding hydrogens is 405 g/mol. The van der Waals surface area contributed by atoms with E-state index in [9.17, 15) is 13.2 Å². The van der Waals surface area contributed by atoms with Crippen LogP contribution in [0, 0.1) is 0 Å². The fourth-order valence-corrected chi connectivity index (χ4v) is 4.17. The number of methoxy groups -OCH3 is 1. The highest BCUT2D eigenvalue weighted by Gasteiger charge is 2.34. The van der Waals surface area contributed by atoms with Crippen LogP contribution in [0.25, 0.3) is 0 Å². The number of ether oxygens (including phenoxy) is 1. The van der Waals surface area contributed by atoms with Gasteiger partial charge in [-0.2, -0.15) is 13.2 Å². The smallest absolute Gasteiger partial charge is 0.385 e. The number of piperazine rings is 1. The van der Waals surface area contributed by atoms with Crippen LogP contribution in [0.3, 0.4) is 0 Å². The molecule has 2 heterocycles. The highest BCUT2D eigenvalue weighted by atomic mass is 19.4. The van der Waals surface area contributed by atoms with E-state index in [1.165, 1.54) is 12.1 Å². The summed E-state index contributed by atoms with van der Waals surface area (Å²) < 4.78 is 45.6. The van der Waals surface area contributed by atoms with Crippen LogP contribution in [-0.2, 0) is 10.9 Å². The molecule has 0 unspecified atom stereocenters. The van der Waals surface area contributed by atoms with Crippen molar-refractivity contribution < 1.29 is 17.9 Å². The first-order chi connectivity index (χ1) is 14.9. The third-order valence-electron chi connectivity index (χ3n) is 5.95. The molecule has 5 nitrogen and oxygen atoms in total. The molecule has 2 aliphatic heterocycles. The van der Waals surface area contributed by atoms with Crippen LogP contribution in [0.1, 0.15) is 24.0 Å². The van der Waals surface area contributed by atoms with Crippen molar-refractivity contribution in [2.45, 2.75) is 25.1 Å². The van der Waals surface area contributed by atoms with Crippen molar-refractivity contribution in [3.63, 3.8) is 0 Å². The number of likely N-dealkylation sites (N-methyl/N-ethyl adjacent to an activating group) is 1. The number of anilines is 2. The van der Waals surface area contributed by atoms with Crippen molar-refractivity contribution in [2.75, 3.05) is 45.7 Å². The molecule has 0 bridgehead atoms. The quantitative estimate of drug-likeness (QED) is 0.699. The number of para-hydroxylation sites is 2. The predicted molar refractivity (Wildman–Crippen MR) is 116 cm³/mol. The second kappa shape index (κ2) is 8.88. The third kappa shape index (κ3) is 4.70. The summed E-state index contributed by atoms with van der Waals surface area (Å²) in [5, 5.41) is 3.28. The molecular formula is C23H27F3N4O. The monoisotopic (exact) mass is 432 g/mol. The standard InChI is InChI=1S/C23H27F3N4O/c1-29-11-12-30(15-17(29)6-5-13-31-2)22-18-14-16(23(24,25)26)9-10-19(18)27-20-7-3-4-8-21(20)28-22/h3-4,7-10,14,17,27H,5-6,11-13,15H2,1-2H3/t17-/m0/s1. The zero-order chi connectivity index (χ0) is 22.0. The van der Waals surface area contributed by atoms with Gasteiger partial charge in [0.05, 0.1) is 16.9 Å². The predicted octanol–water partition coefficient (Wildman–Crippen LogP) is 4.88. The molecule has 4 rings (SSSR count). The van der Waals surface area contributed by atoms with Gasteiger partial charge in [0.2, 0.25) is 0 Å². The summed E-state index contributed by atoms with van der Waals surface area (Å²) in [7, 11) is 3.78. The number of hydrogen-bond donors (Lipinski definition) is 1. The molecule has 0 aromatic heterocycles. The number of alkyl halides is 3. The number of benzene rings is 2. The molecule has 1 saturated heterocycles. The lowest BCUT2D eigenvalue weighted by Crippen LogP contribution is -2.53. The van der Waals surface area contributed by atoms with Crippen LogP contribution in [0.4, 0.5) is 30.2 Å². The molecule has 2 aliphatic rings. The number of aliphatic imine (C=N–C) groups is 1. The Morgan fingerprint density at radius 2 is 1.94 bits per heavy atom. The van der Waals surface area contributed by atoms with Crippen LogP contribution in [0.2, 0.25) is 0 Å². The second-order valence-corrected chi connectivity index (χ2v) is 8.05. The summed E-state index contributed by atoms with van der Waals surface area (Å²) in [6.45, 7) is 2.92. The number of fused-ring (bicyclic) bond motifs is 2. The van der Waals surface area contributed by atoms with Gasteiger partial charge in [0.1, 0.15) is 5.84 Å². The average molecular weight is 432 g/mol. The van der Waals surface area contributed by atoms with Gasteiger partial charge in [-0.1, -0.05) is 12.1 Å². The number of halogens is 3. The van der Waals surface area contributed by atoms with E-state index in [0.717, 1.165) is 36.8 Å². The van der Waals surface area contributed by atoms with Gasteiger partial charge in [-0.25, -0.2) is 4.99 Å². The second-order valence-electron chi connectivity index (χ2n) is 8.05. The summed E-state index contributed by atoms with van der Waals surface area (Å²) in [6.07, 6.45) is -2.52. The molecule has 8 heteroatoms. The van der Waals surface area contributed by atoms with Gasteiger partial charge in [0.25, 0.3) is 0 Å². The molecule has 0 aliphatic carbocycles. The zero-order valence-corrected chi connectivity index (χ0v) is 17.7. The molecule has 0 radical (unpaired) electrons. The lowest BCUT2D eigenvalue weighted by molar-refractivity contribution is -0.137. The Kier molecular flexibility index (Phi) is 6.20. The summed E-state index contributed by atoms with van der Waals surface area (Å²) in [5.41, 5.74) is 1.94. The van der Waals surface area contributed by atoms with Crippen molar-refractivity contribution in [3.8, 4) is 0 Å². The summed E-state index contributed by atoms with van der Waals surface area (Å²) in [5.74, 6) is 0.586. The molecule has 0 amide bonds. The molecule has 1 N–H and O–H groups in total. The van der Waals surface area contributed by atoms with E-state index in [-0.39, 0.29) is 6.04 Å². The maximum atomic E-state index is 13.5. The van der Waals surface area contributed by atoms with Gasteiger partial charge in [0, 0.05) is 50.6 Å². The Balaban J connectivity index is 1.73. The van der Waals surface area contributed by atoms with E-state index in [1.54, 1.807) is 7.11 Å². The van der Waals surface area contributed by atoms with Crippen molar-refractivity contribution in [1.29, 1.82) is 0 Å². The number of nitrogens with one attached hydrogen (secondary N) is 1. The Hall–Kier alpha value is -2.58. The van der Waals surface area contributed by atoms with E-state index >= 15 is 0 Å². The van der Waals surface area contributed by atoms with E-state index in [4.69, 9.17) is 9.73 Å². The van der Waals surface area contributed by atoms with Crippen LogP contribution >= 0.6 is 0 Å². The maximum Gasteiger partial charge on any atom is 0.416 e. The fraction of sp³-hybridized carbons (Fsp3) is 0.435. The molecule has 31 heavy (non-hydrogen) atoms. The van der Waals surface area contributed by atoms with Crippen LogP contribution in [0.5, 0.6) is 0 Å². The number of amidine groups is 1. The van der Waals surface area contributed by atoms with Crippen LogP contribution in [-0.4, -0.2) is 62.1 Å². The van der Waals surface area contributed by atoms with Gasteiger partial charge in [0.15, 0.2) is 0 Å². The van der Waals surface area contributed by atoms with E-state index in [1.807, 2.05) is 24.3 Å². The van der Waals surface area contributed by atoms with Crippen molar-refractivity contribution >= 4 is 22.9 Å². The molecule has 166 valence electrons. The molecule has 1 atom stereocenters. The Morgan fingerprint density at radius 3 is 2.71 bits per heavy atom. The average Bonchev–Trinajstić information content (AvgIpc) is 2.91. The van der Waals surface area contributed by atoms with Crippen molar-refractivity contribution in [2.24, 2.45) is 4.99 Å². The molecule has 0 spiro atoms. The fourth-order valence-electron chi connectivity index (χ4n) is 4.17. The first-order valence-electron chi connectivity index (χ1n) is 10.5. The first kappa shape index (κ1) is 21.6. The Morgan fingerprint density at radius 1 is 1.13 bits per heavy atom. The summed E-state index contributed by atoms with van der Waals surface area (Å²) in [6, 6.07) is 11.7. The highest BCUT2D eigenvalue weighted by molar-refractivity contribution is 6.08. The molecule has 2 aromatic rings. The maximum absolute atomic E-state index is 13.5. The normalized spacial score (nSPS) is 19.2. The summed E-state index contributed by atoms with van der Waals surface area (Å²) >= 11 is 0. The van der Waals surface area contributed by atoms with Crippen LogP contribution < -0.4 is 5.32 Å². The zero-order valence-electron chi connectivity index (χ0n) is 17.7. The van der Waals surface area contributed by atoms with Crippen molar-refractivity contribution in [1.82, 2.24) is 9.80 Å². The third-order valence-corrected chi connectivity index (χ3v) is 5.95.